The molecular weight excluding hydrogens is 472 g/mol. The van der Waals surface area contributed by atoms with Crippen LogP contribution in [0, 0.1) is 11.6 Å². The van der Waals surface area contributed by atoms with E-state index in [2.05, 4.69) is 4.72 Å². The van der Waals surface area contributed by atoms with Gasteiger partial charge in [-0.25, -0.2) is 17.6 Å². The molecule has 2 fully saturated rings. The Bertz CT molecular complexity index is 1010. The summed E-state index contributed by atoms with van der Waals surface area (Å²) in [5.74, 6) is -4.93. The van der Waals surface area contributed by atoms with Gasteiger partial charge in [-0.2, -0.15) is 4.55 Å². The van der Waals surface area contributed by atoms with E-state index in [4.69, 9.17) is 4.74 Å². The van der Waals surface area contributed by atoms with Gasteiger partial charge in [0.1, 0.15) is 23.8 Å². The second-order valence-electron chi connectivity index (χ2n) is 8.61. The second kappa shape index (κ2) is 10.2. The molecule has 2 aromatic carbocycles. The summed E-state index contributed by atoms with van der Waals surface area (Å²) < 4.78 is 75.8. The summed E-state index contributed by atoms with van der Waals surface area (Å²) in [6.45, 7) is 1.31. The molecular formula is C24H27F4N2O3S+. The number of carbonyl (C=O) groups is 1. The highest BCUT2D eigenvalue weighted by Crippen LogP contribution is 2.36. The summed E-state index contributed by atoms with van der Waals surface area (Å²) >= 11 is -1.44. The Hall–Kier alpha value is -2.14. The number of nitrogens with zero attached hydrogens (tertiary/aromatic N) is 1. The van der Waals surface area contributed by atoms with Gasteiger partial charge in [0.25, 0.3) is 11.8 Å². The molecule has 2 aliphatic heterocycles. The van der Waals surface area contributed by atoms with Crippen LogP contribution < -0.4 is 4.72 Å². The summed E-state index contributed by atoms with van der Waals surface area (Å²) in [4.78, 5) is 14.3. The predicted molar refractivity (Wildman–Crippen MR) is 122 cm³/mol. The molecule has 2 aliphatic rings. The fraction of sp³-hybridized carbons (Fsp3) is 0.458. The lowest BCUT2D eigenvalue weighted by Gasteiger charge is -2.28. The SMILES string of the molecule is CC[S+](O)N[C@@H]1[C@H](Cc2cccc(-c3cc(F)cc(F)c3)c2)N(C(=O)[C@H]2CCCO2)CC1(F)F. The Balaban J connectivity index is 1.65. The molecule has 2 aromatic rings. The average molecular weight is 500 g/mol. The highest BCUT2D eigenvalue weighted by atomic mass is 32.2. The van der Waals surface area contributed by atoms with Crippen molar-refractivity contribution in [2.24, 2.45) is 0 Å². The zero-order valence-corrected chi connectivity index (χ0v) is 19.5. The Morgan fingerprint density at radius 1 is 1.21 bits per heavy atom. The fourth-order valence-electron chi connectivity index (χ4n) is 4.57. The largest absolute Gasteiger partial charge is 0.368 e. The van der Waals surface area contributed by atoms with Crippen LogP contribution in [0.5, 0.6) is 0 Å². The van der Waals surface area contributed by atoms with Crippen LogP contribution in [0.3, 0.4) is 0 Å². The van der Waals surface area contributed by atoms with Crippen molar-refractivity contribution in [3.8, 4) is 11.1 Å². The van der Waals surface area contributed by atoms with Gasteiger partial charge in [-0.3, -0.25) is 4.79 Å². The van der Waals surface area contributed by atoms with E-state index < -0.39 is 59.6 Å². The molecule has 2 saturated heterocycles. The molecule has 34 heavy (non-hydrogen) atoms. The summed E-state index contributed by atoms with van der Waals surface area (Å²) in [6.07, 6.45) is 0.483. The molecule has 184 valence electrons. The smallest absolute Gasteiger partial charge is 0.286 e. The number of hydrogen-bond donors (Lipinski definition) is 2. The molecule has 0 bridgehead atoms. The number of halogens is 4. The van der Waals surface area contributed by atoms with Gasteiger partial charge in [0.2, 0.25) is 11.4 Å². The number of rotatable bonds is 7. The van der Waals surface area contributed by atoms with Crippen molar-refractivity contribution in [2.45, 2.75) is 50.3 Å². The highest BCUT2D eigenvalue weighted by Gasteiger charge is 2.59. The van der Waals surface area contributed by atoms with Crippen molar-refractivity contribution in [1.82, 2.24) is 9.62 Å². The average Bonchev–Trinajstić information content (AvgIpc) is 3.41. The van der Waals surface area contributed by atoms with Crippen LogP contribution in [0.15, 0.2) is 42.5 Å². The first kappa shape index (κ1) is 25.0. The number of ether oxygens (including phenoxy) is 1. The van der Waals surface area contributed by atoms with Crippen molar-refractivity contribution < 1.29 is 31.6 Å². The molecule has 1 unspecified atom stereocenters. The minimum Gasteiger partial charge on any atom is -0.368 e. The minimum absolute atomic E-state index is 0.0677. The first-order valence-corrected chi connectivity index (χ1v) is 12.5. The normalized spacial score (nSPS) is 25.0. The van der Waals surface area contributed by atoms with Gasteiger partial charge in [0.15, 0.2) is 5.75 Å². The van der Waals surface area contributed by atoms with E-state index in [1.54, 1.807) is 31.2 Å². The molecule has 0 aromatic heterocycles. The number of benzene rings is 2. The van der Waals surface area contributed by atoms with E-state index in [1.807, 2.05) is 0 Å². The molecule has 0 spiro atoms. The molecule has 0 radical (unpaired) electrons. The maximum absolute atomic E-state index is 15.1. The zero-order valence-electron chi connectivity index (χ0n) is 18.6. The van der Waals surface area contributed by atoms with Gasteiger partial charge in [-0.1, -0.05) is 29.0 Å². The van der Waals surface area contributed by atoms with Crippen molar-refractivity contribution >= 4 is 17.3 Å². The lowest BCUT2D eigenvalue weighted by atomic mass is 9.96. The predicted octanol–water partition coefficient (Wildman–Crippen LogP) is 4.18. The van der Waals surface area contributed by atoms with E-state index in [0.29, 0.717) is 36.1 Å². The highest BCUT2D eigenvalue weighted by molar-refractivity contribution is 7.89. The standard InChI is InChI=1S/C24H27F4N2O3S/c1-2-34(32)29-22-20(30(14-24(22,27)28)23(31)21-7-4-8-33-21)10-15-5-3-6-16(9-15)17-11-18(25)13-19(26)12-17/h3,5-6,9,11-13,20-22,29,32H,2,4,7-8,10,14H2,1H3/q+1/t20-,21+,22+,34?/m0/s1. The van der Waals surface area contributed by atoms with E-state index in [1.165, 1.54) is 12.1 Å². The minimum atomic E-state index is -3.26. The van der Waals surface area contributed by atoms with E-state index in [-0.39, 0.29) is 12.2 Å². The Morgan fingerprint density at radius 3 is 2.59 bits per heavy atom. The van der Waals surface area contributed by atoms with E-state index in [9.17, 15) is 18.1 Å². The van der Waals surface area contributed by atoms with Gasteiger partial charge >= 0.3 is 0 Å². The molecule has 2 heterocycles. The molecule has 10 heteroatoms. The number of alkyl halides is 2. The maximum atomic E-state index is 15.1. The van der Waals surface area contributed by atoms with Crippen molar-refractivity contribution in [2.75, 3.05) is 18.9 Å². The third kappa shape index (κ3) is 5.40. The van der Waals surface area contributed by atoms with Gasteiger partial charge in [-0.15, -0.1) is 0 Å². The second-order valence-corrected chi connectivity index (χ2v) is 10.2. The van der Waals surface area contributed by atoms with Crippen LogP contribution in [0.1, 0.15) is 25.3 Å². The number of amides is 1. The lowest BCUT2D eigenvalue weighted by molar-refractivity contribution is -0.143. The molecule has 5 nitrogen and oxygen atoms in total. The fourth-order valence-corrected chi connectivity index (χ4v) is 5.35. The summed E-state index contributed by atoms with van der Waals surface area (Å²) in [6, 6.07) is 7.52. The van der Waals surface area contributed by atoms with Crippen LogP contribution in [-0.2, 0) is 27.3 Å². The molecule has 0 saturated carbocycles. The van der Waals surface area contributed by atoms with Gasteiger partial charge in [-0.05, 0) is 55.0 Å². The van der Waals surface area contributed by atoms with Crippen LogP contribution in [0.4, 0.5) is 17.6 Å². The molecule has 2 N–H and O–H groups in total. The Kier molecular flexibility index (Phi) is 7.51. The number of likely N-dealkylation sites (tertiary alicyclic amines) is 1. The molecule has 0 aliphatic carbocycles. The third-order valence-corrected chi connectivity index (χ3v) is 7.29. The maximum Gasteiger partial charge on any atom is 0.286 e. The quantitative estimate of drug-likeness (QED) is 0.443. The van der Waals surface area contributed by atoms with Gasteiger partial charge in [0.05, 0.1) is 12.6 Å². The molecule has 4 rings (SSSR count). The molecule has 1 amide bonds. The Morgan fingerprint density at radius 2 is 1.94 bits per heavy atom. The summed E-state index contributed by atoms with van der Waals surface area (Å²) in [5.41, 5.74) is 1.47. The topological polar surface area (TPSA) is 61.8 Å². The summed E-state index contributed by atoms with van der Waals surface area (Å²) in [7, 11) is 0. The van der Waals surface area contributed by atoms with Crippen LogP contribution in [0.2, 0.25) is 0 Å². The van der Waals surface area contributed by atoms with Gasteiger partial charge in [0, 0.05) is 12.7 Å². The Labute approximate surface area is 198 Å². The first-order valence-electron chi connectivity index (χ1n) is 11.2. The van der Waals surface area contributed by atoms with E-state index >= 15 is 8.78 Å². The van der Waals surface area contributed by atoms with Crippen LogP contribution >= 0.6 is 0 Å². The van der Waals surface area contributed by atoms with Crippen molar-refractivity contribution in [3.63, 3.8) is 0 Å². The summed E-state index contributed by atoms with van der Waals surface area (Å²) in [5, 5.41) is 0. The van der Waals surface area contributed by atoms with Gasteiger partial charge < -0.3 is 9.64 Å². The monoisotopic (exact) mass is 499 g/mol. The first-order chi connectivity index (χ1) is 16.2. The van der Waals surface area contributed by atoms with E-state index in [0.717, 1.165) is 11.0 Å². The number of carbonyl (C=O) groups excluding carboxylic acids is 1. The van der Waals surface area contributed by atoms with Crippen molar-refractivity contribution in [1.29, 1.82) is 0 Å². The zero-order chi connectivity index (χ0) is 24.5. The molecule has 4 atom stereocenters. The number of nitrogens with one attached hydrogen (secondary N) is 1. The van der Waals surface area contributed by atoms with Crippen LogP contribution in [0.25, 0.3) is 11.1 Å². The number of hydrogen-bond acceptors (Lipinski definition) is 4. The van der Waals surface area contributed by atoms with Crippen LogP contribution in [-0.4, -0.2) is 58.4 Å². The lowest BCUT2D eigenvalue weighted by Crippen LogP contribution is -2.53. The van der Waals surface area contributed by atoms with Crippen molar-refractivity contribution in [3.05, 3.63) is 59.7 Å². The third-order valence-electron chi connectivity index (χ3n) is 6.21.